The average Bonchev–Trinajstić information content (AvgIpc) is 2.81. The maximum Gasteiger partial charge on any atom is 0.256 e. The Morgan fingerprint density at radius 1 is 1.05 bits per heavy atom. The lowest BCUT2D eigenvalue weighted by Gasteiger charge is -2.42. The van der Waals surface area contributed by atoms with Crippen molar-refractivity contribution in [2.75, 3.05) is 6.54 Å². The minimum Gasteiger partial charge on any atom is -0.356 e. The smallest absolute Gasteiger partial charge is 0.256 e. The van der Waals surface area contributed by atoms with Crippen molar-refractivity contribution in [3.8, 4) is 0 Å². The van der Waals surface area contributed by atoms with Gasteiger partial charge in [-0.1, -0.05) is 26.0 Å². The molecule has 4 N–H and O–H groups in total. The van der Waals surface area contributed by atoms with E-state index in [4.69, 9.17) is 4.84 Å². The van der Waals surface area contributed by atoms with Crippen molar-refractivity contribution in [3.05, 3.63) is 47.2 Å². The molecule has 1 aromatic rings. The number of hydrogen-bond donors (Lipinski definition) is 4. The fourth-order valence-corrected chi connectivity index (χ4v) is 3.77. The highest BCUT2D eigenvalue weighted by Gasteiger charge is 2.36. The Balaban J connectivity index is 2.33. The number of benzene rings is 1. The number of carbonyl (C=O) groups excluding carboxylic acids is 3. The van der Waals surface area contributed by atoms with E-state index in [0.717, 1.165) is 5.56 Å². The van der Waals surface area contributed by atoms with E-state index < -0.39 is 12.4 Å². The average molecular weight is 518 g/mol. The summed E-state index contributed by atoms with van der Waals surface area (Å²) in [5.41, 5.74) is 4.61. The molecular formula is C27H43N5O5. The summed E-state index contributed by atoms with van der Waals surface area (Å²) in [6.45, 7) is 15.1. The molecule has 1 aliphatic rings. The van der Waals surface area contributed by atoms with Crippen LogP contribution in [0.25, 0.3) is 0 Å². The third kappa shape index (κ3) is 8.84. The van der Waals surface area contributed by atoms with Gasteiger partial charge in [0.15, 0.2) is 0 Å². The molecule has 0 bridgehead atoms. The van der Waals surface area contributed by atoms with E-state index in [9.17, 15) is 19.5 Å². The molecule has 0 saturated heterocycles. The van der Waals surface area contributed by atoms with Gasteiger partial charge in [0.2, 0.25) is 12.3 Å². The number of hydrogen-bond acceptors (Lipinski definition) is 7. The normalized spacial score (nSPS) is 17.8. The number of aliphatic hydroxyl groups is 1. The van der Waals surface area contributed by atoms with Crippen LogP contribution in [-0.2, 0) is 21.0 Å². The lowest BCUT2D eigenvalue weighted by Crippen LogP contribution is -2.58. The molecular weight excluding hydrogens is 474 g/mol. The Morgan fingerprint density at radius 2 is 1.73 bits per heavy atom. The van der Waals surface area contributed by atoms with Crippen molar-refractivity contribution >= 4 is 17.7 Å². The second-order valence-electron chi connectivity index (χ2n) is 10.5. The van der Waals surface area contributed by atoms with Gasteiger partial charge in [0.05, 0.1) is 17.7 Å². The van der Waals surface area contributed by atoms with Crippen molar-refractivity contribution in [1.82, 2.24) is 25.9 Å². The Bertz CT molecular complexity index is 978. The van der Waals surface area contributed by atoms with Gasteiger partial charge in [0, 0.05) is 42.9 Å². The van der Waals surface area contributed by atoms with Crippen LogP contribution in [0.3, 0.4) is 0 Å². The SMILES string of the molecule is CC(C)NC(=O)c1cccc(CN2C=C(C(C)NOC(C)C)C(=O)N(C[C@H](C)NC(=O)C(C)C)C2O)c1. The molecule has 2 rings (SSSR count). The fourth-order valence-electron chi connectivity index (χ4n) is 3.77. The molecule has 2 unspecified atom stereocenters. The van der Waals surface area contributed by atoms with Gasteiger partial charge in [0.1, 0.15) is 0 Å². The highest BCUT2D eigenvalue weighted by Crippen LogP contribution is 2.23. The highest BCUT2D eigenvalue weighted by atomic mass is 16.7. The fraction of sp³-hybridized carbons (Fsp3) is 0.593. The van der Waals surface area contributed by atoms with Crippen molar-refractivity contribution < 1.29 is 24.3 Å². The molecule has 0 aliphatic carbocycles. The molecule has 10 heteroatoms. The standard InChI is InChI=1S/C27H43N5O5/c1-16(2)24(33)29-19(7)13-32-26(35)23(20(8)30-37-18(5)6)15-31(27(32)36)14-21-10-9-11-22(12-21)25(34)28-17(3)4/h9-12,15-20,27,30,36H,13-14H2,1-8H3,(H,28,34)(H,29,33)/t19-,20?,27?/m0/s1. The summed E-state index contributed by atoms with van der Waals surface area (Å²) < 4.78 is 0. The zero-order valence-corrected chi connectivity index (χ0v) is 23.2. The van der Waals surface area contributed by atoms with E-state index in [-0.39, 0.29) is 54.9 Å². The summed E-state index contributed by atoms with van der Waals surface area (Å²) in [5, 5.41) is 17.0. The molecule has 0 aromatic heterocycles. The van der Waals surface area contributed by atoms with Gasteiger partial charge in [-0.3, -0.25) is 24.1 Å². The third-order valence-electron chi connectivity index (χ3n) is 5.69. The van der Waals surface area contributed by atoms with E-state index in [2.05, 4.69) is 16.1 Å². The van der Waals surface area contributed by atoms with Crippen LogP contribution in [0.2, 0.25) is 0 Å². The number of rotatable bonds is 12. The summed E-state index contributed by atoms with van der Waals surface area (Å²) >= 11 is 0. The first-order valence-electron chi connectivity index (χ1n) is 12.9. The van der Waals surface area contributed by atoms with Crippen molar-refractivity contribution in [3.63, 3.8) is 0 Å². The van der Waals surface area contributed by atoms with Crippen LogP contribution in [-0.4, -0.2) is 69.8 Å². The molecule has 0 fully saturated rings. The summed E-state index contributed by atoms with van der Waals surface area (Å²) in [6.07, 6.45) is 0.273. The predicted molar refractivity (Wildman–Crippen MR) is 142 cm³/mol. The van der Waals surface area contributed by atoms with Gasteiger partial charge in [-0.15, -0.1) is 0 Å². The molecule has 1 heterocycles. The number of hydroxylamine groups is 1. The second-order valence-corrected chi connectivity index (χ2v) is 10.5. The lowest BCUT2D eigenvalue weighted by atomic mass is 10.1. The number of amides is 3. The van der Waals surface area contributed by atoms with Crippen molar-refractivity contribution in [1.29, 1.82) is 0 Å². The second kappa shape index (κ2) is 13.6. The van der Waals surface area contributed by atoms with Crippen LogP contribution in [0.4, 0.5) is 0 Å². The van der Waals surface area contributed by atoms with Crippen molar-refractivity contribution in [2.24, 2.45) is 5.92 Å². The number of nitrogens with zero attached hydrogens (tertiary/aromatic N) is 2. The van der Waals surface area contributed by atoms with Crippen LogP contribution in [0.15, 0.2) is 36.0 Å². The third-order valence-corrected chi connectivity index (χ3v) is 5.69. The van der Waals surface area contributed by atoms with Crippen LogP contribution < -0.4 is 16.1 Å². The maximum absolute atomic E-state index is 13.4. The molecule has 206 valence electrons. The summed E-state index contributed by atoms with van der Waals surface area (Å²) in [4.78, 5) is 46.6. The van der Waals surface area contributed by atoms with E-state index in [1.807, 2.05) is 33.8 Å². The van der Waals surface area contributed by atoms with E-state index in [1.165, 1.54) is 4.90 Å². The molecule has 0 saturated carbocycles. The minimum absolute atomic E-state index is 0.00496. The monoisotopic (exact) mass is 517 g/mol. The van der Waals surface area contributed by atoms with Crippen LogP contribution in [0.1, 0.15) is 71.3 Å². The molecule has 1 aliphatic heterocycles. The predicted octanol–water partition coefficient (Wildman–Crippen LogP) is 2.11. The summed E-state index contributed by atoms with van der Waals surface area (Å²) in [7, 11) is 0. The Labute approximate surface area is 220 Å². The molecule has 10 nitrogen and oxygen atoms in total. The molecule has 37 heavy (non-hydrogen) atoms. The van der Waals surface area contributed by atoms with Gasteiger partial charge in [0.25, 0.3) is 11.8 Å². The maximum atomic E-state index is 13.4. The number of aliphatic hydroxyl groups excluding tert-OH is 1. The van der Waals surface area contributed by atoms with Crippen molar-refractivity contribution in [2.45, 2.75) is 92.5 Å². The van der Waals surface area contributed by atoms with Gasteiger partial charge >= 0.3 is 0 Å². The first-order valence-corrected chi connectivity index (χ1v) is 12.9. The first kappa shape index (κ1) is 30.3. The molecule has 3 atom stereocenters. The molecule has 0 radical (unpaired) electrons. The number of carbonyl (C=O) groups is 3. The molecule has 0 spiro atoms. The van der Waals surface area contributed by atoms with Gasteiger partial charge in [-0.25, -0.2) is 0 Å². The highest BCUT2D eigenvalue weighted by molar-refractivity contribution is 5.95. The van der Waals surface area contributed by atoms with Crippen LogP contribution >= 0.6 is 0 Å². The van der Waals surface area contributed by atoms with E-state index >= 15 is 0 Å². The zero-order chi connectivity index (χ0) is 27.9. The number of nitrogens with one attached hydrogen (secondary N) is 3. The van der Waals surface area contributed by atoms with Gasteiger partial charge in [-0.2, -0.15) is 5.48 Å². The quantitative estimate of drug-likeness (QED) is 0.313. The minimum atomic E-state index is -1.26. The zero-order valence-electron chi connectivity index (χ0n) is 23.2. The largest absolute Gasteiger partial charge is 0.356 e. The summed E-state index contributed by atoms with van der Waals surface area (Å²) in [5.74, 6) is -0.862. The van der Waals surface area contributed by atoms with E-state index in [0.29, 0.717) is 11.1 Å². The molecule has 1 aromatic carbocycles. The van der Waals surface area contributed by atoms with E-state index in [1.54, 1.807) is 57.0 Å². The van der Waals surface area contributed by atoms with Gasteiger partial charge in [-0.05, 0) is 59.2 Å². The van der Waals surface area contributed by atoms with Crippen LogP contribution in [0, 0.1) is 5.92 Å². The van der Waals surface area contributed by atoms with Gasteiger partial charge < -0.3 is 20.6 Å². The summed E-state index contributed by atoms with van der Waals surface area (Å²) in [6, 6.07) is 6.32. The van der Waals surface area contributed by atoms with Crippen LogP contribution in [0.5, 0.6) is 0 Å². The Morgan fingerprint density at radius 3 is 2.32 bits per heavy atom. The molecule has 3 amide bonds. The Kier molecular flexibility index (Phi) is 11.1. The Hall–Kier alpha value is -2.95. The topological polar surface area (TPSA) is 123 Å². The first-order chi connectivity index (χ1) is 17.3. The lowest BCUT2D eigenvalue weighted by molar-refractivity contribution is -0.158.